The summed E-state index contributed by atoms with van der Waals surface area (Å²) in [4.78, 5) is 3.29. The van der Waals surface area contributed by atoms with Crippen molar-refractivity contribution in [3.8, 4) is 5.75 Å². The molecule has 0 radical (unpaired) electrons. The first-order valence-electron chi connectivity index (χ1n) is 4.68. The molecule has 0 amide bonds. The van der Waals surface area contributed by atoms with E-state index in [1.807, 2.05) is 17.8 Å². The minimum atomic E-state index is 0.314. The van der Waals surface area contributed by atoms with Crippen molar-refractivity contribution in [2.24, 2.45) is 0 Å². The van der Waals surface area contributed by atoms with Crippen LogP contribution in [0, 0.1) is 0 Å². The fourth-order valence-corrected chi connectivity index (χ4v) is 2.04. The number of aromatic amines is 1. The molecule has 0 unspecified atom stereocenters. The molecule has 1 heterocycles. The largest absolute Gasteiger partial charge is 0.508 e. The lowest BCUT2D eigenvalue weighted by molar-refractivity contribution is 0.476. The van der Waals surface area contributed by atoms with Crippen LogP contribution in [0.1, 0.15) is 12.6 Å². The minimum absolute atomic E-state index is 0.314. The summed E-state index contributed by atoms with van der Waals surface area (Å²) in [5.74, 6) is 2.45. The quantitative estimate of drug-likeness (QED) is 0.811. The van der Waals surface area contributed by atoms with Crippen LogP contribution in [0.3, 0.4) is 0 Å². The lowest BCUT2D eigenvalue weighted by Gasteiger charge is -1.93. The van der Waals surface area contributed by atoms with Gasteiger partial charge in [0.2, 0.25) is 0 Å². The molecule has 74 valence electrons. The van der Waals surface area contributed by atoms with Gasteiger partial charge in [-0.1, -0.05) is 6.92 Å². The van der Waals surface area contributed by atoms with Crippen molar-refractivity contribution >= 4 is 22.7 Å². The zero-order chi connectivity index (χ0) is 9.97. The predicted octanol–water partition coefficient (Wildman–Crippen LogP) is 3.13. The molecule has 0 aliphatic heterocycles. The van der Waals surface area contributed by atoms with Crippen LogP contribution in [-0.4, -0.2) is 15.8 Å². The first-order valence-corrected chi connectivity index (χ1v) is 5.83. The number of hydrogen-bond acceptors (Lipinski definition) is 2. The van der Waals surface area contributed by atoms with Gasteiger partial charge >= 0.3 is 0 Å². The van der Waals surface area contributed by atoms with Gasteiger partial charge in [-0.2, -0.15) is 11.8 Å². The van der Waals surface area contributed by atoms with Gasteiger partial charge < -0.3 is 10.1 Å². The van der Waals surface area contributed by atoms with Crippen LogP contribution in [0.15, 0.2) is 24.3 Å². The highest BCUT2D eigenvalue weighted by molar-refractivity contribution is 7.98. The molecule has 0 spiro atoms. The Morgan fingerprint density at radius 1 is 1.36 bits per heavy atom. The van der Waals surface area contributed by atoms with E-state index in [1.165, 1.54) is 5.69 Å². The Bertz CT molecular complexity index is 436. The zero-order valence-electron chi connectivity index (χ0n) is 8.08. The Kier molecular flexibility index (Phi) is 2.68. The lowest BCUT2D eigenvalue weighted by atomic mass is 10.2. The molecule has 2 N–H and O–H groups in total. The molecular formula is C11H13NOS. The number of rotatable bonds is 3. The molecule has 0 bridgehead atoms. The summed E-state index contributed by atoms with van der Waals surface area (Å²) in [7, 11) is 0. The van der Waals surface area contributed by atoms with Crippen molar-refractivity contribution < 1.29 is 5.11 Å². The van der Waals surface area contributed by atoms with E-state index in [4.69, 9.17) is 0 Å². The molecule has 14 heavy (non-hydrogen) atoms. The fourth-order valence-electron chi connectivity index (χ4n) is 1.46. The summed E-state index contributed by atoms with van der Waals surface area (Å²) in [5.41, 5.74) is 2.23. The van der Waals surface area contributed by atoms with E-state index in [2.05, 4.69) is 18.0 Å². The van der Waals surface area contributed by atoms with Crippen LogP contribution in [0.4, 0.5) is 0 Å². The fraction of sp³-hybridized carbons (Fsp3) is 0.273. The molecular weight excluding hydrogens is 194 g/mol. The van der Waals surface area contributed by atoms with Crippen molar-refractivity contribution in [1.82, 2.24) is 4.98 Å². The average Bonchev–Trinajstić information content (AvgIpc) is 2.56. The highest BCUT2D eigenvalue weighted by Gasteiger charge is 2.00. The summed E-state index contributed by atoms with van der Waals surface area (Å²) < 4.78 is 0. The van der Waals surface area contributed by atoms with Crippen LogP contribution in [0.25, 0.3) is 10.9 Å². The second kappa shape index (κ2) is 3.96. The second-order valence-electron chi connectivity index (χ2n) is 3.20. The average molecular weight is 207 g/mol. The summed E-state index contributed by atoms with van der Waals surface area (Å²) in [6.07, 6.45) is 0. The van der Waals surface area contributed by atoms with Crippen molar-refractivity contribution in [3.05, 3.63) is 30.0 Å². The Balaban J connectivity index is 2.32. The molecule has 0 saturated carbocycles. The summed E-state index contributed by atoms with van der Waals surface area (Å²) in [6.45, 7) is 2.15. The van der Waals surface area contributed by atoms with Crippen LogP contribution in [0.2, 0.25) is 0 Å². The molecule has 0 atom stereocenters. The van der Waals surface area contributed by atoms with Crippen LogP contribution in [0.5, 0.6) is 5.75 Å². The van der Waals surface area contributed by atoms with E-state index in [9.17, 15) is 5.11 Å². The van der Waals surface area contributed by atoms with Crippen LogP contribution in [-0.2, 0) is 5.75 Å². The number of phenolic OH excluding ortho intramolecular Hbond substituents is 1. The van der Waals surface area contributed by atoms with Crippen molar-refractivity contribution in [3.63, 3.8) is 0 Å². The van der Waals surface area contributed by atoms with Gasteiger partial charge in [0.25, 0.3) is 0 Å². The predicted molar refractivity (Wildman–Crippen MR) is 61.8 cm³/mol. The second-order valence-corrected chi connectivity index (χ2v) is 4.48. The van der Waals surface area contributed by atoms with Gasteiger partial charge in [-0.25, -0.2) is 0 Å². The SMILES string of the molecule is CCSCc1cc2ccc(O)cc2[nH]1. The van der Waals surface area contributed by atoms with Crippen molar-refractivity contribution in [2.75, 3.05) is 5.75 Å². The maximum absolute atomic E-state index is 9.29. The molecule has 0 saturated heterocycles. The van der Waals surface area contributed by atoms with Gasteiger partial charge in [-0.15, -0.1) is 0 Å². The molecule has 0 fully saturated rings. The molecule has 1 aromatic heterocycles. The third-order valence-corrected chi connectivity index (χ3v) is 3.05. The zero-order valence-corrected chi connectivity index (χ0v) is 8.90. The Labute approximate surface area is 87.3 Å². The molecule has 1 aromatic carbocycles. The number of H-pyrrole nitrogens is 1. The van der Waals surface area contributed by atoms with Gasteiger partial charge in [-0.05, 0) is 29.3 Å². The Morgan fingerprint density at radius 3 is 3.00 bits per heavy atom. The normalized spacial score (nSPS) is 10.9. The molecule has 3 heteroatoms. The van der Waals surface area contributed by atoms with Gasteiger partial charge in [0.15, 0.2) is 0 Å². The van der Waals surface area contributed by atoms with Crippen molar-refractivity contribution in [2.45, 2.75) is 12.7 Å². The smallest absolute Gasteiger partial charge is 0.117 e. The molecule has 0 aliphatic rings. The molecule has 0 aliphatic carbocycles. The highest BCUT2D eigenvalue weighted by Crippen LogP contribution is 2.22. The van der Waals surface area contributed by atoms with Gasteiger partial charge in [0.1, 0.15) is 5.75 Å². The van der Waals surface area contributed by atoms with Gasteiger partial charge in [-0.3, -0.25) is 0 Å². The van der Waals surface area contributed by atoms with Gasteiger partial charge in [0.05, 0.1) is 0 Å². The van der Waals surface area contributed by atoms with E-state index in [0.29, 0.717) is 5.75 Å². The van der Waals surface area contributed by atoms with Gasteiger partial charge in [0, 0.05) is 23.0 Å². The van der Waals surface area contributed by atoms with E-state index >= 15 is 0 Å². The number of aromatic hydroxyl groups is 1. The number of phenols is 1. The number of hydrogen-bond donors (Lipinski definition) is 2. The third-order valence-electron chi connectivity index (χ3n) is 2.12. The minimum Gasteiger partial charge on any atom is -0.508 e. The monoisotopic (exact) mass is 207 g/mol. The molecule has 2 aromatic rings. The first-order chi connectivity index (χ1) is 6.79. The number of thioether (sulfide) groups is 1. The first kappa shape index (κ1) is 9.46. The summed E-state index contributed by atoms with van der Waals surface area (Å²) >= 11 is 1.89. The standard InChI is InChI=1S/C11H13NOS/c1-2-14-7-9-5-8-3-4-10(13)6-11(8)12-9/h3-6,12-13H,2,7H2,1H3. The number of nitrogens with one attached hydrogen (secondary N) is 1. The summed E-state index contributed by atoms with van der Waals surface area (Å²) in [6, 6.07) is 7.54. The number of benzene rings is 1. The Morgan fingerprint density at radius 2 is 2.21 bits per heavy atom. The third kappa shape index (κ3) is 1.87. The van der Waals surface area contributed by atoms with E-state index in [1.54, 1.807) is 12.1 Å². The van der Waals surface area contributed by atoms with E-state index in [0.717, 1.165) is 22.4 Å². The van der Waals surface area contributed by atoms with E-state index < -0.39 is 0 Å². The van der Waals surface area contributed by atoms with Crippen LogP contribution >= 0.6 is 11.8 Å². The summed E-state index contributed by atoms with van der Waals surface area (Å²) in [5, 5.41) is 10.5. The van der Waals surface area contributed by atoms with E-state index in [-0.39, 0.29) is 0 Å². The maximum Gasteiger partial charge on any atom is 0.117 e. The number of aromatic nitrogens is 1. The topological polar surface area (TPSA) is 36.0 Å². The molecule has 2 nitrogen and oxygen atoms in total. The number of fused-ring (bicyclic) bond motifs is 1. The lowest BCUT2D eigenvalue weighted by Crippen LogP contribution is -1.78. The van der Waals surface area contributed by atoms with Crippen LogP contribution < -0.4 is 0 Å². The van der Waals surface area contributed by atoms with Crippen molar-refractivity contribution in [1.29, 1.82) is 0 Å². The Hall–Kier alpha value is -1.09. The highest BCUT2D eigenvalue weighted by atomic mass is 32.2. The molecule has 2 rings (SSSR count). The maximum atomic E-state index is 9.29.